The molecule has 0 amide bonds. The van der Waals surface area contributed by atoms with Gasteiger partial charge in [0.15, 0.2) is 0 Å². The van der Waals surface area contributed by atoms with Crippen molar-refractivity contribution in [1.29, 1.82) is 0 Å². The number of benzene rings is 2. The Balaban J connectivity index is 1.12. The summed E-state index contributed by atoms with van der Waals surface area (Å²) in [5.74, 6) is 2.14. The number of hydrogen-bond donors (Lipinski definition) is 2. The fourth-order valence-electron chi connectivity index (χ4n) is 5.87. The lowest BCUT2D eigenvalue weighted by molar-refractivity contribution is 0.407. The summed E-state index contributed by atoms with van der Waals surface area (Å²) in [5, 5.41) is 7.32. The number of nitrogens with one attached hydrogen (secondary N) is 2. The molecule has 2 aliphatic carbocycles. The van der Waals surface area contributed by atoms with Gasteiger partial charge in [-0.3, -0.25) is 0 Å². The van der Waals surface area contributed by atoms with Gasteiger partial charge in [0.1, 0.15) is 11.5 Å². The van der Waals surface area contributed by atoms with Crippen LogP contribution in [0, 0.1) is 0 Å². The highest BCUT2D eigenvalue weighted by molar-refractivity contribution is 5.47. The second-order valence-electron chi connectivity index (χ2n) is 9.89. The van der Waals surface area contributed by atoms with Gasteiger partial charge >= 0.3 is 0 Å². The summed E-state index contributed by atoms with van der Waals surface area (Å²) in [6, 6.07) is 8.90. The minimum absolute atomic E-state index is 1.03. The van der Waals surface area contributed by atoms with E-state index in [0.717, 1.165) is 50.5 Å². The zero-order valence-corrected chi connectivity index (χ0v) is 21.4. The molecule has 2 aromatic rings. The molecule has 4 rings (SSSR count). The second-order valence-corrected chi connectivity index (χ2v) is 9.89. The van der Waals surface area contributed by atoms with Gasteiger partial charge in [0.25, 0.3) is 0 Å². The van der Waals surface area contributed by atoms with Crippen molar-refractivity contribution in [3.8, 4) is 11.5 Å². The average molecular weight is 465 g/mol. The molecule has 2 aliphatic rings. The third-order valence-corrected chi connectivity index (χ3v) is 7.72. The molecule has 4 nitrogen and oxygen atoms in total. The molecule has 0 bridgehead atoms. The minimum atomic E-state index is 1.03. The first-order chi connectivity index (χ1) is 16.8. The van der Waals surface area contributed by atoms with E-state index >= 15 is 0 Å². The zero-order chi connectivity index (χ0) is 23.6. The Morgan fingerprint density at radius 1 is 0.588 bits per heavy atom. The molecule has 0 atom stereocenters. The molecule has 0 heterocycles. The first kappa shape index (κ1) is 25.1. The first-order valence-corrected chi connectivity index (χ1v) is 13.6. The van der Waals surface area contributed by atoms with Crippen LogP contribution in [0.4, 0.5) is 0 Å². The summed E-state index contributed by atoms with van der Waals surface area (Å²) in [4.78, 5) is 0. The van der Waals surface area contributed by atoms with E-state index in [1.54, 1.807) is 36.5 Å². The number of ether oxygens (including phenoxy) is 2. The standard InChI is InChI=1S/C30H44N2O2/c1-33-29-15-13-23-9-3-5-11-25(23)27(29)17-21-31-19-7-8-20-32-22-18-28-26-12-6-4-10-24(26)14-16-30(28)34-2/h13-16,31-32H,3-12,17-22H2,1-2H3. The highest BCUT2D eigenvalue weighted by Gasteiger charge is 2.18. The van der Waals surface area contributed by atoms with Crippen molar-refractivity contribution in [2.75, 3.05) is 40.4 Å². The number of fused-ring (bicyclic) bond motifs is 2. The van der Waals surface area contributed by atoms with Gasteiger partial charge in [0.2, 0.25) is 0 Å². The molecule has 0 fully saturated rings. The Morgan fingerprint density at radius 2 is 1.03 bits per heavy atom. The monoisotopic (exact) mass is 464 g/mol. The lowest BCUT2D eigenvalue weighted by Gasteiger charge is -2.22. The van der Waals surface area contributed by atoms with Crippen LogP contribution in [0.25, 0.3) is 0 Å². The Hall–Kier alpha value is -2.04. The van der Waals surface area contributed by atoms with Gasteiger partial charge in [-0.2, -0.15) is 0 Å². The Labute approximate surface area is 206 Å². The van der Waals surface area contributed by atoms with Crippen LogP contribution in [0.5, 0.6) is 11.5 Å². The van der Waals surface area contributed by atoms with Crippen LogP contribution in [0.1, 0.15) is 71.9 Å². The van der Waals surface area contributed by atoms with E-state index in [2.05, 4.69) is 34.9 Å². The Kier molecular flexibility index (Phi) is 9.70. The van der Waals surface area contributed by atoms with Gasteiger partial charge in [0, 0.05) is 0 Å². The average Bonchev–Trinajstić information content (AvgIpc) is 2.89. The van der Waals surface area contributed by atoms with Crippen LogP contribution < -0.4 is 20.1 Å². The summed E-state index contributed by atoms with van der Waals surface area (Å²) in [6.07, 6.45) is 14.7. The molecule has 0 aliphatic heterocycles. The Bertz CT molecular complexity index is 849. The molecule has 34 heavy (non-hydrogen) atoms. The van der Waals surface area contributed by atoms with E-state index in [1.807, 2.05) is 0 Å². The van der Waals surface area contributed by atoms with Crippen LogP contribution in [0.2, 0.25) is 0 Å². The maximum Gasteiger partial charge on any atom is 0.122 e. The summed E-state index contributed by atoms with van der Waals surface area (Å²) >= 11 is 0. The van der Waals surface area contributed by atoms with Crippen LogP contribution in [-0.2, 0) is 38.5 Å². The maximum absolute atomic E-state index is 5.68. The van der Waals surface area contributed by atoms with Crippen LogP contribution in [0.3, 0.4) is 0 Å². The van der Waals surface area contributed by atoms with E-state index in [9.17, 15) is 0 Å². The van der Waals surface area contributed by atoms with Crippen LogP contribution >= 0.6 is 0 Å². The van der Waals surface area contributed by atoms with E-state index in [1.165, 1.54) is 75.3 Å². The third kappa shape index (κ3) is 6.34. The van der Waals surface area contributed by atoms with Crippen molar-refractivity contribution < 1.29 is 9.47 Å². The van der Waals surface area contributed by atoms with Crippen LogP contribution in [-0.4, -0.2) is 40.4 Å². The number of hydrogen-bond acceptors (Lipinski definition) is 4. The van der Waals surface area contributed by atoms with Crippen molar-refractivity contribution in [3.63, 3.8) is 0 Å². The smallest absolute Gasteiger partial charge is 0.122 e. The van der Waals surface area contributed by atoms with E-state index in [0.29, 0.717) is 0 Å². The van der Waals surface area contributed by atoms with E-state index in [-0.39, 0.29) is 0 Å². The topological polar surface area (TPSA) is 42.5 Å². The molecule has 0 saturated carbocycles. The van der Waals surface area contributed by atoms with Gasteiger partial charge in [-0.05, 0) is 149 Å². The molecule has 0 spiro atoms. The SMILES string of the molecule is COc1ccc2c(c1CCNCCCCNCCc1c(OC)ccc3c1CCCC3)CCCC2. The predicted molar refractivity (Wildman–Crippen MR) is 142 cm³/mol. The number of unbranched alkanes of at least 4 members (excludes halogenated alkanes) is 1. The summed E-state index contributed by atoms with van der Waals surface area (Å²) in [5.41, 5.74) is 9.09. The molecule has 4 heteroatoms. The highest BCUT2D eigenvalue weighted by atomic mass is 16.5. The van der Waals surface area contributed by atoms with Crippen molar-refractivity contribution >= 4 is 0 Å². The minimum Gasteiger partial charge on any atom is -0.496 e. The fourth-order valence-corrected chi connectivity index (χ4v) is 5.87. The van der Waals surface area contributed by atoms with Crippen molar-refractivity contribution in [3.05, 3.63) is 57.6 Å². The molecular formula is C30H44N2O2. The van der Waals surface area contributed by atoms with Gasteiger partial charge in [-0.15, -0.1) is 0 Å². The second kappa shape index (κ2) is 13.2. The lowest BCUT2D eigenvalue weighted by Crippen LogP contribution is -2.23. The van der Waals surface area contributed by atoms with Gasteiger partial charge in [-0.1, -0.05) is 12.1 Å². The van der Waals surface area contributed by atoms with E-state index < -0.39 is 0 Å². The summed E-state index contributed by atoms with van der Waals surface area (Å²) in [6.45, 7) is 4.22. The summed E-state index contributed by atoms with van der Waals surface area (Å²) in [7, 11) is 3.61. The van der Waals surface area contributed by atoms with Crippen LogP contribution in [0.15, 0.2) is 24.3 Å². The molecular weight excluding hydrogens is 420 g/mol. The molecule has 0 saturated heterocycles. The zero-order valence-electron chi connectivity index (χ0n) is 21.4. The van der Waals surface area contributed by atoms with Crippen molar-refractivity contribution in [2.45, 2.75) is 77.0 Å². The molecule has 0 aromatic heterocycles. The highest BCUT2D eigenvalue weighted by Crippen LogP contribution is 2.32. The van der Waals surface area contributed by atoms with Crippen molar-refractivity contribution in [1.82, 2.24) is 10.6 Å². The molecule has 0 radical (unpaired) electrons. The number of methoxy groups -OCH3 is 2. The molecule has 2 aromatic carbocycles. The van der Waals surface area contributed by atoms with Gasteiger partial charge in [-0.25, -0.2) is 0 Å². The van der Waals surface area contributed by atoms with E-state index in [4.69, 9.17) is 9.47 Å². The molecule has 2 N–H and O–H groups in total. The lowest BCUT2D eigenvalue weighted by atomic mass is 9.86. The number of rotatable bonds is 13. The molecule has 186 valence electrons. The quantitative estimate of drug-likeness (QED) is 0.400. The van der Waals surface area contributed by atoms with Gasteiger partial charge in [0.05, 0.1) is 14.2 Å². The predicted octanol–water partition coefficient (Wildman–Crippen LogP) is 5.21. The summed E-state index contributed by atoms with van der Waals surface area (Å²) < 4.78 is 11.4. The van der Waals surface area contributed by atoms with Gasteiger partial charge < -0.3 is 20.1 Å². The van der Waals surface area contributed by atoms with Crippen molar-refractivity contribution in [2.24, 2.45) is 0 Å². The number of aryl methyl sites for hydroxylation is 2. The normalized spacial score (nSPS) is 15.0. The maximum atomic E-state index is 5.68. The Morgan fingerprint density at radius 3 is 1.47 bits per heavy atom. The fraction of sp³-hybridized carbons (Fsp3) is 0.600. The third-order valence-electron chi connectivity index (χ3n) is 7.72. The molecule has 0 unspecified atom stereocenters. The largest absolute Gasteiger partial charge is 0.496 e. The first-order valence-electron chi connectivity index (χ1n) is 13.6.